The number of hydrogen-bond donors (Lipinski definition) is 2. The van der Waals surface area contributed by atoms with Crippen LogP contribution in [0.25, 0.3) is 0 Å². The van der Waals surface area contributed by atoms with Crippen molar-refractivity contribution in [2.24, 2.45) is 11.0 Å². The predicted molar refractivity (Wildman–Crippen MR) is 66.9 cm³/mol. The molecule has 0 saturated carbocycles. The first-order chi connectivity index (χ1) is 8.40. The van der Waals surface area contributed by atoms with Gasteiger partial charge < -0.3 is 5.11 Å². The number of carbonyl (C=O) groups excluding carboxylic acids is 1. The van der Waals surface area contributed by atoms with Crippen molar-refractivity contribution in [3.05, 3.63) is 24.1 Å². The Morgan fingerprint density at radius 2 is 2.44 bits per heavy atom. The number of alkyl halides is 1. The number of aliphatic hydroxyl groups is 1. The first-order valence-corrected chi connectivity index (χ1v) is 6.05. The van der Waals surface area contributed by atoms with Crippen molar-refractivity contribution in [1.82, 2.24) is 5.43 Å². The minimum absolute atomic E-state index is 0.117. The van der Waals surface area contributed by atoms with E-state index < -0.39 is 22.8 Å². The highest BCUT2D eigenvalue weighted by atomic mass is 35.5. The van der Waals surface area contributed by atoms with Gasteiger partial charge in [-0.15, -0.1) is 11.6 Å². The Morgan fingerprint density at radius 3 is 3.06 bits per heavy atom. The average molecular weight is 273 g/mol. The van der Waals surface area contributed by atoms with E-state index in [1.807, 2.05) is 0 Å². The Hall–Kier alpha value is -1.20. The van der Waals surface area contributed by atoms with Gasteiger partial charge in [0.15, 0.2) is 0 Å². The lowest BCUT2D eigenvalue weighted by atomic mass is 9.83. The fourth-order valence-corrected chi connectivity index (χ4v) is 2.32. The normalized spacial score (nSPS) is 35.9. The molecule has 0 aromatic carbocycles. The Kier molecular flexibility index (Phi) is 3.54. The number of aliphatic hydroxyl groups excluding tert-OH is 1. The molecule has 18 heavy (non-hydrogen) atoms. The van der Waals surface area contributed by atoms with Gasteiger partial charge in [-0.1, -0.05) is 12.2 Å². The van der Waals surface area contributed by atoms with Crippen LogP contribution in [0.4, 0.5) is 4.39 Å². The summed E-state index contributed by atoms with van der Waals surface area (Å²) < 4.78 is 13.8. The molecule has 0 spiro atoms. The van der Waals surface area contributed by atoms with Gasteiger partial charge in [0.05, 0.1) is 4.87 Å². The lowest BCUT2D eigenvalue weighted by Crippen LogP contribution is -2.40. The van der Waals surface area contributed by atoms with Gasteiger partial charge in [0.2, 0.25) is 0 Å². The molecule has 2 aliphatic rings. The van der Waals surface area contributed by atoms with Crippen LogP contribution in [-0.2, 0) is 4.79 Å². The number of hydrazone groups is 1. The average Bonchev–Trinajstić information content (AvgIpc) is 2.28. The van der Waals surface area contributed by atoms with Gasteiger partial charge in [0.25, 0.3) is 5.91 Å². The first kappa shape index (κ1) is 13.2. The molecule has 3 atom stereocenters. The number of nitrogens with one attached hydrogen (secondary N) is 1. The van der Waals surface area contributed by atoms with Gasteiger partial charge in [0.1, 0.15) is 11.9 Å². The van der Waals surface area contributed by atoms with Gasteiger partial charge in [-0.05, 0) is 19.4 Å². The Bertz CT molecular complexity index is 457. The predicted octanol–water partition coefficient (Wildman–Crippen LogP) is 1.65. The fourth-order valence-electron chi connectivity index (χ4n) is 2.06. The number of amides is 1. The molecule has 3 unspecified atom stereocenters. The summed E-state index contributed by atoms with van der Waals surface area (Å²) in [4.78, 5) is 10.2. The van der Waals surface area contributed by atoms with Gasteiger partial charge in [-0.2, -0.15) is 5.10 Å². The van der Waals surface area contributed by atoms with E-state index in [1.54, 1.807) is 19.1 Å². The third-order valence-corrected chi connectivity index (χ3v) is 3.58. The monoisotopic (exact) mass is 272 g/mol. The van der Waals surface area contributed by atoms with Crippen molar-refractivity contribution in [1.29, 1.82) is 0 Å². The maximum Gasteiger partial charge on any atom is 0.269 e. The maximum atomic E-state index is 13.8. The van der Waals surface area contributed by atoms with Crippen molar-refractivity contribution >= 4 is 23.2 Å². The zero-order valence-electron chi connectivity index (χ0n) is 9.86. The van der Waals surface area contributed by atoms with E-state index in [0.29, 0.717) is 5.71 Å². The van der Waals surface area contributed by atoms with Gasteiger partial charge in [-0.3, -0.25) is 4.79 Å². The van der Waals surface area contributed by atoms with Crippen LogP contribution >= 0.6 is 11.6 Å². The Balaban J connectivity index is 2.12. The van der Waals surface area contributed by atoms with E-state index in [-0.39, 0.29) is 18.7 Å². The molecule has 1 aliphatic carbocycles. The van der Waals surface area contributed by atoms with Crippen LogP contribution in [0, 0.1) is 5.92 Å². The molecule has 2 N–H and O–H groups in total. The minimum Gasteiger partial charge on any atom is -0.383 e. The summed E-state index contributed by atoms with van der Waals surface area (Å²) in [6.45, 7) is 1.72. The van der Waals surface area contributed by atoms with Crippen LogP contribution in [0.3, 0.4) is 0 Å². The molecule has 2 rings (SSSR count). The standard InChI is InChI=1S/C12H14ClFN2O2/c1-12(13)4-2-3-9(14)8(12)5-7-6-10(17)11(18)16-15-7/h2-4,8,10,17H,5-6H2,1H3,(H,16,18). The summed E-state index contributed by atoms with van der Waals surface area (Å²) in [5, 5.41) is 13.3. The third-order valence-electron chi connectivity index (χ3n) is 3.19. The lowest BCUT2D eigenvalue weighted by Gasteiger charge is -2.31. The van der Waals surface area contributed by atoms with Gasteiger partial charge in [-0.25, -0.2) is 9.82 Å². The molecule has 0 aromatic rings. The highest BCUT2D eigenvalue weighted by Gasteiger charge is 2.37. The summed E-state index contributed by atoms with van der Waals surface area (Å²) in [5.41, 5.74) is 2.75. The van der Waals surface area contributed by atoms with Crippen LogP contribution in [0.2, 0.25) is 0 Å². The quantitative estimate of drug-likeness (QED) is 0.751. The van der Waals surface area contributed by atoms with Crippen molar-refractivity contribution < 1.29 is 14.3 Å². The molecule has 4 nitrogen and oxygen atoms in total. The first-order valence-electron chi connectivity index (χ1n) is 5.67. The van der Waals surface area contributed by atoms with Crippen LogP contribution < -0.4 is 5.43 Å². The number of allylic oxidation sites excluding steroid dienone is 4. The molecule has 0 aromatic heterocycles. The molecule has 1 aliphatic heterocycles. The SMILES string of the molecule is CC1(Cl)C=CC=C(F)C1CC1=NNC(=O)C(O)C1. The Labute approximate surface area is 109 Å². The zero-order valence-corrected chi connectivity index (χ0v) is 10.6. The second kappa shape index (κ2) is 4.82. The Morgan fingerprint density at radius 1 is 1.72 bits per heavy atom. The fraction of sp³-hybridized carbons (Fsp3) is 0.500. The smallest absolute Gasteiger partial charge is 0.269 e. The van der Waals surface area contributed by atoms with Gasteiger partial charge in [0, 0.05) is 18.1 Å². The summed E-state index contributed by atoms with van der Waals surface area (Å²) >= 11 is 6.24. The van der Waals surface area contributed by atoms with Crippen LogP contribution in [0.15, 0.2) is 29.2 Å². The van der Waals surface area contributed by atoms with E-state index >= 15 is 0 Å². The van der Waals surface area contributed by atoms with E-state index in [9.17, 15) is 14.3 Å². The number of halogens is 2. The number of hydrogen-bond acceptors (Lipinski definition) is 3. The van der Waals surface area contributed by atoms with E-state index in [4.69, 9.17) is 11.6 Å². The summed E-state index contributed by atoms with van der Waals surface area (Å²) in [5.74, 6) is -1.39. The molecule has 0 bridgehead atoms. The number of nitrogens with zero attached hydrogens (tertiary/aromatic N) is 1. The second-order valence-electron chi connectivity index (χ2n) is 4.69. The largest absolute Gasteiger partial charge is 0.383 e. The number of rotatable bonds is 2. The molecule has 0 fully saturated rings. The summed E-state index contributed by atoms with van der Waals surface area (Å²) in [7, 11) is 0. The van der Waals surface area contributed by atoms with Crippen LogP contribution in [-0.4, -0.2) is 27.7 Å². The van der Waals surface area contributed by atoms with Crippen molar-refractivity contribution in [2.75, 3.05) is 0 Å². The molecular weight excluding hydrogens is 259 g/mol. The van der Waals surface area contributed by atoms with E-state index in [0.717, 1.165) is 0 Å². The molecular formula is C12H14ClFN2O2. The molecule has 1 amide bonds. The topological polar surface area (TPSA) is 61.7 Å². The van der Waals surface area contributed by atoms with Crippen molar-refractivity contribution in [3.8, 4) is 0 Å². The lowest BCUT2D eigenvalue weighted by molar-refractivity contribution is -0.129. The third kappa shape index (κ3) is 2.62. The summed E-state index contributed by atoms with van der Waals surface area (Å²) in [6.07, 6.45) is 3.94. The second-order valence-corrected chi connectivity index (χ2v) is 5.51. The van der Waals surface area contributed by atoms with E-state index in [2.05, 4.69) is 10.5 Å². The maximum absolute atomic E-state index is 13.8. The highest BCUT2D eigenvalue weighted by Crippen LogP contribution is 2.39. The highest BCUT2D eigenvalue weighted by molar-refractivity contribution is 6.25. The summed E-state index contributed by atoms with van der Waals surface area (Å²) in [6, 6.07) is 0. The molecule has 0 radical (unpaired) electrons. The zero-order chi connectivity index (χ0) is 13.3. The van der Waals surface area contributed by atoms with Crippen molar-refractivity contribution in [2.45, 2.75) is 30.7 Å². The molecule has 6 heteroatoms. The van der Waals surface area contributed by atoms with Crippen LogP contribution in [0.1, 0.15) is 19.8 Å². The number of carbonyl (C=O) groups is 1. The van der Waals surface area contributed by atoms with Crippen molar-refractivity contribution in [3.63, 3.8) is 0 Å². The molecule has 1 heterocycles. The van der Waals surface area contributed by atoms with Gasteiger partial charge >= 0.3 is 0 Å². The van der Waals surface area contributed by atoms with E-state index in [1.165, 1.54) is 6.08 Å². The van der Waals surface area contributed by atoms with Crippen LogP contribution in [0.5, 0.6) is 0 Å². The molecule has 0 saturated heterocycles. The minimum atomic E-state index is -1.12. The molecule has 98 valence electrons.